The van der Waals surface area contributed by atoms with Crippen LogP contribution in [0.25, 0.3) is 0 Å². The Hall–Kier alpha value is -1.59. The van der Waals surface area contributed by atoms with Crippen molar-refractivity contribution in [3.63, 3.8) is 0 Å². The number of amides is 2. The van der Waals surface area contributed by atoms with Gasteiger partial charge in [-0.3, -0.25) is 9.59 Å². The van der Waals surface area contributed by atoms with Crippen LogP contribution >= 0.6 is 11.6 Å². The number of halogens is 1. The zero-order valence-electron chi connectivity index (χ0n) is 10.8. The van der Waals surface area contributed by atoms with Crippen LogP contribution in [-0.2, 0) is 16.1 Å². The van der Waals surface area contributed by atoms with E-state index < -0.39 is 18.1 Å². The standard InChI is InChI=1S/C13H17ClN2O3/c1-9(16(2)8-17)12(18)13(19)15-7-10-4-3-5-11(14)6-10/h3-6,8-9,12,18H,7H2,1-2H3,(H,15,19). The van der Waals surface area contributed by atoms with Gasteiger partial charge in [-0.25, -0.2) is 0 Å². The summed E-state index contributed by atoms with van der Waals surface area (Å²) in [5.41, 5.74) is 0.837. The first kappa shape index (κ1) is 15.5. The Kier molecular flexibility index (Phi) is 5.79. The maximum atomic E-state index is 11.7. The molecule has 0 bridgehead atoms. The molecule has 2 atom stereocenters. The van der Waals surface area contributed by atoms with Crippen molar-refractivity contribution in [3.05, 3.63) is 34.9 Å². The molecule has 0 aliphatic heterocycles. The number of rotatable bonds is 6. The van der Waals surface area contributed by atoms with Gasteiger partial charge in [-0.15, -0.1) is 0 Å². The van der Waals surface area contributed by atoms with Crippen LogP contribution in [0.2, 0.25) is 5.02 Å². The highest BCUT2D eigenvalue weighted by molar-refractivity contribution is 6.30. The molecular weight excluding hydrogens is 268 g/mol. The Balaban J connectivity index is 2.53. The highest BCUT2D eigenvalue weighted by atomic mass is 35.5. The molecule has 6 heteroatoms. The highest BCUT2D eigenvalue weighted by Gasteiger charge is 2.24. The van der Waals surface area contributed by atoms with E-state index in [0.717, 1.165) is 5.56 Å². The van der Waals surface area contributed by atoms with E-state index in [2.05, 4.69) is 5.32 Å². The van der Waals surface area contributed by atoms with Crippen LogP contribution in [0, 0.1) is 0 Å². The van der Waals surface area contributed by atoms with Crippen LogP contribution in [0.4, 0.5) is 0 Å². The number of hydrogen-bond donors (Lipinski definition) is 2. The molecule has 2 unspecified atom stereocenters. The molecule has 19 heavy (non-hydrogen) atoms. The molecule has 1 aromatic carbocycles. The lowest BCUT2D eigenvalue weighted by atomic mass is 10.1. The topological polar surface area (TPSA) is 69.6 Å². The number of nitrogens with one attached hydrogen (secondary N) is 1. The van der Waals surface area contributed by atoms with Crippen molar-refractivity contribution in [2.75, 3.05) is 7.05 Å². The lowest BCUT2D eigenvalue weighted by Crippen LogP contribution is -2.47. The van der Waals surface area contributed by atoms with Gasteiger partial charge in [0.25, 0.3) is 5.91 Å². The number of carbonyl (C=O) groups excluding carboxylic acids is 2. The van der Waals surface area contributed by atoms with Crippen LogP contribution < -0.4 is 5.32 Å². The van der Waals surface area contributed by atoms with Gasteiger partial charge in [-0.1, -0.05) is 23.7 Å². The number of benzene rings is 1. The number of aliphatic hydroxyl groups is 1. The lowest BCUT2D eigenvalue weighted by Gasteiger charge is -2.24. The predicted octanol–water partition coefficient (Wildman–Crippen LogP) is 0.794. The van der Waals surface area contributed by atoms with Crippen LogP contribution in [0.1, 0.15) is 12.5 Å². The van der Waals surface area contributed by atoms with E-state index >= 15 is 0 Å². The Morgan fingerprint density at radius 1 is 1.58 bits per heavy atom. The zero-order chi connectivity index (χ0) is 14.4. The van der Waals surface area contributed by atoms with E-state index in [1.807, 2.05) is 6.07 Å². The van der Waals surface area contributed by atoms with Gasteiger partial charge in [0.2, 0.25) is 6.41 Å². The molecule has 1 rings (SSSR count). The van der Waals surface area contributed by atoms with E-state index in [9.17, 15) is 14.7 Å². The van der Waals surface area contributed by atoms with E-state index in [-0.39, 0.29) is 6.54 Å². The van der Waals surface area contributed by atoms with Gasteiger partial charge in [-0.05, 0) is 24.6 Å². The first-order valence-corrected chi connectivity index (χ1v) is 6.21. The summed E-state index contributed by atoms with van der Waals surface area (Å²) in [4.78, 5) is 23.5. The second kappa shape index (κ2) is 7.11. The Morgan fingerprint density at radius 3 is 2.84 bits per heavy atom. The van der Waals surface area contributed by atoms with E-state index in [4.69, 9.17) is 11.6 Å². The van der Waals surface area contributed by atoms with Crippen LogP contribution in [0.15, 0.2) is 24.3 Å². The smallest absolute Gasteiger partial charge is 0.251 e. The minimum absolute atomic E-state index is 0.272. The third-order valence-corrected chi connectivity index (χ3v) is 3.13. The molecule has 1 aromatic rings. The third kappa shape index (κ3) is 4.54. The van der Waals surface area contributed by atoms with Gasteiger partial charge in [-0.2, -0.15) is 0 Å². The summed E-state index contributed by atoms with van der Waals surface area (Å²) >= 11 is 5.83. The number of likely N-dealkylation sites (N-methyl/N-ethyl adjacent to an activating group) is 1. The molecule has 0 fully saturated rings. The molecule has 0 spiro atoms. The summed E-state index contributed by atoms with van der Waals surface area (Å²) in [6, 6.07) is 6.48. The first-order valence-electron chi connectivity index (χ1n) is 5.83. The summed E-state index contributed by atoms with van der Waals surface area (Å²) in [5.74, 6) is -0.527. The molecule has 2 N–H and O–H groups in total. The quantitative estimate of drug-likeness (QED) is 0.759. The summed E-state index contributed by atoms with van der Waals surface area (Å²) in [7, 11) is 1.51. The SMILES string of the molecule is CC(C(O)C(=O)NCc1cccc(Cl)c1)N(C)C=O. The van der Waals surface area contributed by atoms with Gasteiger partial charge < -0.3 is 15.3 Å². The number of carbonyl (C=O) groups is 2. The van der Waals surface area contributed by atoms with E-state index in [1.54, 1.807) is 25.1 Å². The van der Waals surface area contributed by atoms with Crippen LogP contribution in [-0.4, -0.2) is 41.5 Å². The Morgan fingerprint density at radius 2 is 2.26 bits per heavy atom. The van der Waals surface area contributed by atoms with Gasteiger partial charge in [0.1, 0.15) is 0 Å². The number of aliphatic hydroxyl groups excluding tert-OH is 1. The average Bonchev–Trinajstić information content (AvgIpc) is 2.42. The molecule has 104 valence electrons. The van der Waals surface area contributed by atoms with Gasteiger partial charge >= 0.3 is 0 Å². The largest absolute Gasteiger partial charge is 0.381 e. The van der Waals surface area contributed by atoms with E-state index in [1.165, 1.54) is 11.9 Å². The molecule has 0 heterocycles. The predicted molar refractivity (Wildman–Crippen MR) is 72.6 cm³/mol. The molecule has 0 saturated heterocycles. The fraction of sp³-hybridized carbons (Fsp3) is 0.385. The maximum Gasteiger partial charge on any atom is 0.251 e. The molecule has 0 radical (unpaired) electrons. The molecule has 0 aromatic heterocycles. The molecule has 0 aliphatic carbocycles. The molecule has 0 saturated carbocycles. The second-order valence-electron chi connectivity index (χ2n) is 4.30. The van der Waals surface area contributed by atoms with Gasteiger partial charge in [0.05, 0.1) is 6.04 Å². The summed E-state index contributed by atoms with van der Waals surface area (Å²) in [6.45, 7) is 1.87. The average molecular weight is 285 g/mol. The summed E-state index contributed by atoms with van der Waals surface area (Å²) in [5, 5.41) is 13.0. The highest BCUT2D eigenvalue weighted by Crippen LogP contribution is 2.10. The van der Waals surface area contributed by atoms with Crippen molar-refractivity contribution in [1.82, 2.24) is 10.2 Å². The molecule has 0 aliphatic rings. The van der Waals surface area contributed by atoms with Gasteiger partial charge in [0, 0.05) is 18.6 Å². The monoisotopic (exact) mass is 284 g/mol. The Labute approximate surface area is 117 Å². The minimum atomic E-state index is -1.27. The third-order valence-electron chi connectivity index (χ3n) is 2.89. The fourth-order valence-electron chi connectivity index (χ4n) is 1.48. The molecular formula is C13H17ClN2O3. The van der Waals surface area contributed by atoms with Crippen LogP contribution in [0.3, 0.4) is 0 Å². The second-order valence-corrected chi connectivity index (χ2v) is 4.74. The first-order chi connectivity index (χ1) is 8.95. The Bertz CT molecular complexity index is 453. The fourth-order valence-corrected chi connectivity index (χ4v) is 1.69. The van der Waals surface area contributed by atoms with Crippen molar-refractivity contribution < 1.29 is 14.7 Å². The summed E-state index contributed by atoms with van der Waals surface area (Å²) < 4.78 is 0. The zero-order valence-corrected chi connectivity index (χ0v) is 11.6. The van der Waals surface area contributed by atoms with Crippen molar-refractivity contribution in [2.24, 2.45) is 0 Å². The van der Waals surface area contributed by atoms with Crippen molar-refractivity contribution in [3.8, 4) is 0 Å². The summed E-state index contributed by atoms with van der Waals surface area (Å²) in [6.07, 6.45) is -0.701. The number of nitrogens with zero attached hydrogens (tertiary/aromatic N) is 1. The van der Waals surface area contributed by atoms with Crippen LogP contribution in [0.5, 0.6) is 0 Å². The molecule has 2 amide bonds. The van der Waals surface area contributed by atoms with Gasteiger partial charge in [0.15, 0.2) is 6.10 Å². The maximum absolute atomic E-state index is 11.7. The minimum Gasteiger partial charge on any atom is -0.381 e. The number of hydrogen-bond acceptors (Lipinski definition) is 3. The normalized spacial score (nSPS) is 13.5. The van der Waals surface area contributed by atoms with Crippen molar-refractivity contribution in [2.45, 2.75) is 25.6 Å². The van der Waals surface area contributed by atoms with E-state index in [0.29, 0.717) is 11.4 Å². The van der Waals surface area contributed by atoms with Crippen molar-refractivity contribution >= 4 is 23.9 Å². The van der Waals surface area contributed by atoms with Crippen molar-refractivity contribution in [1.29, 1.82) is 0 Å². The lowest BCUT2D eigenvalue weighted by molar-refractivity contribution is -0.134. The molecule has 5 nitrogen and oxygen atoms in total.